The van der Waals surface area contributed by atoms with E-state index in [2.05, 4.69) is 40.8 Å². The fraction of sp³-hybridized carbons (Fsp3) is 0.438. The first-order chi connectivity index (χ1) is 9.53. The van der Waals surface area contributed by atoms with Gasteiger partial charge in [0.1, 0.15) is 5.82 Å². The minimum Gasteiger partial charge on any atom is -0.396 e. The van der Waals surface area contributed by atoms with E-state index in [1.807, 2.05) is 31.3 Å². The molecule has 2 aromatic rings. The number of benzene rings is 1. The fourth-order valence-corrected chi connectivity index (χ4v) is 2.24. The number of nitrogens with one attached hydrogen (secondary N) is 1. The van der Waals surface area contributed by atoms with Crippen molar-refractivity contribution in [1.29, 1.82) is 0 Å². The average Bonchev–Trinajstić information content (AvgIpc) is 2.79. The predicted octanol–water partition coefficient (Wildman–Crippen LogP) is 2.43. The third-order valence-electron chi connectivity index (χ3n) is 3.51. The van der Waals surface area contributed by atoms with E-state index in [4.69, 9.17) is 5.11 Å². The highest BCUT2D eigenvalue weighted by Crippen LogP contribution is 2.16. The summed E-state index contributed by atoms with van der Waals surface area (Å²) in [5.41, 5.74) is 2.16. The van der Waals surface area contributed by atoms with Gasteiger partial charge in [-0.05, 0) is 39.3 Å². The number of aryl methyl sites for hydroxylation is 1. The molecule has 0 aliphatic carbocycles. The number of nitrogens with zero attached hydrogens (tertiary/aromatic N) is 2. The molecule has 0 aliphatic rings. The number of para-hydroxylation sites is 1. The first-order valence-corrected chi connectivity index (χ1v) is 6.98. The molecule has 1 aromatic heterocycles. The van der Waals surface area contributed by atoms with E-state index in [-0.39, 0.29) is 12.1 Å². The smallest absolute Gasteiger partial charge is 0.110 e. The van der Waals surface area contributed by atoms with Gasteiger partial charge in [-0.3, -0.25) is 4.57 Å². The number of aliphatic hydroxyl groups is 1. The van der Waals surface area contributed by atoms with Gasteiger partial charge in [0.15, 0.2) is 0 Å². The van der Waals surface area contributed by atoms with Crippen LogP contribution in [0.15, 0.2) is 36.5 Å². The van der Waals surface area contributed by atoms with Crippen LogP contribution in [0.25, 0.3) is 5.69 Å². The largest absolute Gasteiger partial charge is 0.396 e. The monoisotopic (exact) mass is 273 g/mol. The van der Waals surface area contributed by atoms with Gasteiger partial charge in [-0.1, -0.05) is 18.2 Å². The predicted molar refractivity (Wildman–Crippen MR) is 80.9 cm³/mol. The van der Waals surface area contributed by atoms with Gasteiger partial charge in [-0.15, -0.1) is 0 Å². The van der Waals surface area contributed by atoms with Gasteiger partial charge >= 0.3 is 0 Å². The molecule has 4 nitrogen and oxygen atoms in total. The Bertz CT molecular complexity index is 546. The van der Waals surface area contributed by atoms with Gasteiger partial charge in [0.2, 0.25) is 0 Å². The minimum atomic E-state index is -0.0888. The molecule has 1 heterocycles. The van der Waals surface area contributed by atoms with Crippen LogP contribution in [0.1, 0.15) is 31.8 Å². The molecule has 108 valence electrons. The van der Waals surface area contributed by atoms with E-state index >= 15 is 0 Å². The molecule has 0 bridgehead atoms. The highest BCUT2D eigenvalue weighted by molar-refractivity contribution is 5.35. The van der Waals surface area contributed by atoms with Crippen molar-refractivity contribution in [3.05, 3.63) is 48.0 Å². The van der Waals surface area contributed by atoms with Crippen LogP contribution >= 0.6 is 0 Å². The molecule has 0 unspecified atom stereocenters. The third-order valence-corrected chi connectivity index (χ3v) is 3.51. The number of hydrogen-bond donors (Lipinski definition) is 2. The number of rotatable bonds is 6. The topological polar surface area (TPSA) is 50.1 Å². The van der Waals surface area contributed by atoms with Crippen LogP contribution in [0.3, 0.4) is 0 Å². The van der Waals surface area contributed by atoms with Crippen molar-refractivity contribution in [1.82, 2.24) is 14.9 Å². The van der Waals surface area contributed by atoms with Gasteiger partial charge in [0.05, 0.1) is 11.9 Å². The van der Waals surface area contributed by atoms with Crippen LogP contribution < -0.4 is 5.32 Å². The van der Waals surface area contributed by atoms with Gasteiger partial charge in [-0.2, -0.15) is 0 Å². The lowest BCUT2D eigenvalue weighted by atomic mass is 10.0. The van der Waals surface area contributed by atoms with Crippen molar-refractivity contribution in [2.24, 2.45) is 0 Å². The van der Waals surface area contributed by atoms with E-state index in [9.17, 15) is 0 Å². The Morgan fingerprint density at radius 1 is 1.25 bits per heavy atom. The molecule has 2 rings (SSSR count). The first kappa shape index (κ1) is 14.8. The maximum Gasteiger partial charge on any atom is 0.110 e. The Kier molecular flexibility index (Phi) is 4.57. The molecule has 20 heavy (non-hydrogen) atoms. The molecule has 0 saturated carbocycles. The van der Waals surface area contributed by atoms with Crippen molar-refractivity contribution < 1.29 is 5.11 Å². The van der Waals surface area contributed by atoms with E-state index < -0.39 is 0 Å². The Morgan fingerprint density at radius 2 is 1.95 bits per heavy atom. The van der Waals surface area contributed by atoms with E-state index in [0.717, 1.165) is 30.2 Å². The van der Waals surface area contributed by atoms with Crippen molar-refractivity contribution in [3.8, 4) is 5.69 Å². The summed E-state index contributed by atoms with van der Waals surface area (Å²) in [5, 5.41) is 12.6. The van der Waals surface area contributed by atoms with E-state index in [1.165, 1.54) is 0 Å². The summed E-state index contributed by atoms with van der Waals surface area (Å²) in [6.45, 7) is 7.12. The zero-order valence-corrected chi connectivity index (χ0v) is 12.4. The van der Waals surface area contributed by atoms with Crippen LogP contribution in [0, 0.1) is 6.92 Å². The zero-order chi connectivity index (χ0) is 14.6. The number of aliphatic hydroxyl groups excluding tert-OH is 1. The summed E-state index contributed by atoms with van der Waals surface area (Å²) in [7, 11) is 0. The van der Waals surface area contributed by atoms with Crippen molar-refractivity contribution in [2.75, 3.05) is 6.61 Å². The zero-order valence-electron chi connectivity index (χ0n) is 12.4. The molecular weight excluding hydrogens is 250 g/mol. The summed E-state index contributed by atoms with van der Waals surface area (Å²) in [4.78, 5) is 4.41. The molecule has 0 radical (unpaired) electrons. The SMILES string of the molecule is Cc1ncc(CNC(C)(C)CCO)n1-c1ccccc1. The third kappa shape index (κ3) is 3.46. The lowest BCUT2D eigenvalue weighted by Crippen LogP contribution is -2.39. The normalized spacial score (nSPS) is 11.8. The summed E-state index contributed by atoms with van der Waals surface area (Å²) in [6, 6.07) is 10.2. The first-order valence-electron chi connectivity index (χ1n) is 6.98. The molecule has 0 saturated heterocycles. The van der Waals surface area contributed by atoms with Gasteiger partial charge in [0.25, 0.3) is 0 Å². The van der Waals surface area contributed by atoms with Gasteiger partial charge in [0, 0.05) is 24.4 Å². The van der Waals surface area contributed by atoms with E-state index in [1.54, 1.807) is 0 Å². The minimum absolute atomic E-state index is 0.0888. The maximum absolute atomic E-state index is 9.08. The molecular formula is C16H23N3O. The average molecular weight is 273 g/mol. The van der Waals surface area contributed by atoms with Crippen LogP contribution in [0.2, 0.25) is 0 Å². The number of aromatic nitrogens is 2. The standard InChI is InChI=1S/C16H23N3O/c1-13-17-11-15(12-18-16(2,3)9-10-20)19(13)14-7-5-4-6-8-14/h4-8,11,18,20H,9-10,12H2,1-3H3. The van der Waals surface area contributed by atoms with Crippen molar-refractivity contribution in [3.63, 3.8) is 0 Å². The van der Waals surface area contributed by atoms with Gasteiger partial charge < -0.3 is 10.4 Å². The summed E-state index contributed by atoms with van der Waals surface area (Å²) >= 11 is 0. The molecule has 1 aromatic carbocycles. The number of hydrogen-bond acceptors (Lipinski definition) is 3. The van der Waals surface area contributed by atoms with Crippen LogP contribution in [0.5, 0.6) is 0 Å². The van der Waals surface area contributed by atoms with Crippen molar-refractivity contribution in [2.45, 2.75) is 39.3 Å². The molecule has 0 amide bonds. The van der Waals surface area contributed by atoms with Crippen LogP contribution in [0.4, 0.5) is 0 Å². The second-order valence-corrected chi connectivity index (χ2v) is 5.68. The fourth-order valence-electron chi connectivity index (χ4n) is 2.24. The highest BCUT2D eigenvalue weighted by atomic mass is 16.3. The summed E-state index contributed by atoms with van der Waals surface area (Å²) in [5.74, 6) is 0.980. The summed E-state index contributed by atoms with van der Waals surface area (Å²) in [6.07, 6.45) is 2.63. The Labute approximate surface area is 120 Å². The molecule has 0 aliphatic heterocycles. The second kappa shape index (κ2) is 6.20. The molecule has 0 fully saturated rings. The highest BCUT2D eigenvalue weighted by Gasteiger charge is 2.17. The lowest BCUT2D eigenvalue weighted by Gasteiger charge is -2.25. The summed E-state index contributed by atoms with van der Waals surface area (Å²) < 4.78 is 2.15. The van der Waals surface area contributed by atoms with E-state index in [0.29, 0.717) is 0 Å². The second-order valence-electron chi connectivity index (χ2n) is 5.68. The van der Waals surface area contributed by atoms with Gasteiger partial charge in [-0.25, -0.2) is 4.98 Å². The van der Waals surface area contributed by atoms with Crippen molar-refractivity contribution >= 4 is 0 Å². The molecule has 4 heteroatoms. The van der Waals surface area contributed by atoms with Crippen LogP contribution in [-0.4, -0.2) is 26.8 Å². The maximum atomic E-state index is 9.08. The lowest BCUT2D eigenvalue weighted by molar-refractivity contribution is 0.229. The molecule has 0 spiro atoms. The Hall–Kier alpha value is -1.65. The number of imidazole rings is 1. The molecule has 0 atom stereocenters. The Morgan fingerprint density at radius 3 is 2.60 bits per heavy atom. The van der Waals surface area contributed by atoms with Crippen LogP contribution in [-0.2, 0) is 6.54 Å². The molecule has 2 N–H and O–H groups in total. The Balaban J connectivity index is 2.18. The quantitative estimate of drug-likeness (QED) is 0.850.